The van der Waals surface area contributed by atoms with E-state index in [0.717, 1.165) is 18.2 Å². The number of hydrogen-bond acceptors (Lipinski definition) is 5. The minimum Gasteiger partial charge on any atom is -0.494 e. The average Bonchev–Trinajstić information content (AvgIpc) is 2.72. The second-order valence-corrected chi connectivity index (χ2v) is 8.41. The van der Waals surface area contributed by atoms with Crippen molar-refractivity contribution in [2.45, 2.75) is 45.7 Å². The summed E-state index contributed by atoms with van der Waals surface area (Å²) in [4.78, 5) is 7.97. The molecule has 1 heterocycles. The van der Waals surface area contributed by atoms with Crippen molar-refractivity contribution in [2.24, 2.45) is 0 Å². The van der Waals surface area contributed by atoms with Crippen LogP contribution in [0.15, 0.2) is 54.7 Å². The second kappa shape index (κ2) is 9.46. The Bertz CT molecular complexity index is 1040. The quantitative estimate of drug-likeness (QED) is 0.408. The van der Waals surface area contributed by atoms with Crippen molar-refractivity contribution < 1.29 is 17.9 Å². The standard InChI is InChI=1S/C24H27F3N4O/c1-5-13-32-19-11-9-17(10-12-19)30-22-28-15-20(24(25,26)27)21(31-22)29-18-8-6-7-16(14-18)23(2,3)4/h6-12,14-15H,5,13H2,1-4H3,(H2,28,29,30,31). The van der Waals surface area contributed by atoms with Crippen LogP contribution in [0, 0.1) is 0 Å². The zero-order valence-electron chi connectivity index (χ0n) is 18.5. The molecule has 0 saturated carbocycles. The van der Waals surface area contributed by atoms with Gasteiger partial charge in [0.1, 0.15) is 17.1 Å². The van der Waals surface area contributed by atoms with E-state index in [1.807, 2.05) is 39.8 Å². The van der Waals surface area contributed by atoms with Gasteiger partial charge in [-0.05, 0) is 53.8 Å². The average molecular weight is 445 g/mol. The SMILES string of the molecule is CCCOc1ccc(Nc2ncc(C(F)(F)F)c(Nc3cccc(C(C)(C)C)c3)n2)cc1. The van der Waals surface area contributed by atoms with Gasteiger partial charge >= 0.3 is 6.18 Å². The van der Waals surface area contributed by atoms with E-state index in [1.54, 1.807) is 36.4 Å². The second-order valence-electron chi connectivity index (χ2n) is 8.41. The Kier molecular flexibility index (Phi) is 6.91. The number of aromatic nitrogens is 2. The highest BCUT2D eigenvalue weighted by atomic mass is 19.4. The molecule has 0 amide bonds. The van der Waals surface area contributed by atoms with Gasteiger partial charge in [0.25, 0.3) is 0 Å². The van der Waals surface area contributed by atoms with Gasteiger partial charge in [0.15, 0.2) is 0 Å². The molecule has 1 aromatic heterocycles. The maximum Gasteiger partial charge on any atom is 0.421 e. The molecule has 0 aliphatic heterocycles. The van der Waals surface area contributed by atoms with Gasteiger partial charge < -0.3 is 15.4 Å². The highest BCUT2D eigenvalue weighted by Crippen LogP contribution is 2.36. The lowest BCUT2D eigenvalue weighted by molar-refractivity contribution is -0.137. The molecule has 0 bridgehead atoms. The number of halogens is 3. The first-order chi connectivity index (χ1) is 15.1. The summed E-state index contributed by atoms with van der Waals surface area (Å²) in [6, 6.07) is 14.3. The van der Waals surface area contributed by atoms with Gasteiger partial charge in [0.05, 0.1) is 6.61 Å². The third-order valence-electron chi connectivity index (χ3n) is 4.67. The summed E-state index contributed by atoms with van der Waals surface area (Å²) in [5, 5.41) is 5.76. The van der Waals surface area contributed by atoms with Crippen LogP contribution in [0.25, 0.3) is 0 Å². The van der Waals surface area contributed by atoms with E-state index < -0.39 is 11.7 Å². The van der Waals surface area contributed by atoms with Crippen LogP contribution >= 0.6 is 0 Å². The fourth-order valence-electron chi connectivity index (χ4n) is 2.93. The molecule has 8 heteroatoms. The summed E-state index contributed by atoms with van der Waals surface area (Å²) >= 11 is 0. The van der Waals surface area contributed by atoms with Crippen LogP contribution in [0.5, 0.6) is 5.75 Å². The first-order valence-electron chi connectivity index (χ1n) is 10.4. The molecule has 0 atom stereocenters. The van der Waals surface area contributed by atoms with Crippen molar-refractivity contribution in [3.05, 3.63) is 65.9 Å². The smallest absolute Gasteiger partial charge is 0.421 e. The molecule has 32 heavy (non-hydrogen) atoms. The van der Waals surface area contributed by atoms with E-state index in [-0.39, 0.29) is 17.2 Å². The molecule has 0 unspecified atom stereocenters. The molecule has 0 saturated heterocycles. The van der Waals surface area contributed by atoms with Crippen LogP contribution in [-0.2, 0) is 11.6 Å². The Morgan fingerprint density at radius 2 is 1.66 bits per heavy atom. The van der Waals surface area contributed by atoms with Crippen molar-refractivity contribution >= 4 is 23.1 Å². The zero-order valence-corrected chi connectivity index (χ0v) is 18.5. The molecule has 0 spiro atoms. The molecule has 0 aliphatic carbocycles. The van der Waals surface area contributed by atoms with E-state index in [2.05, 4.69) is 20.6 Å². The Morgan fingerprint density at radius 1 is 0.938 bits per heavy atom. The molecule has 0 radical (unpaired) electrons. The summed E-state index contributed by atoms with van der Waals surface area (Å²) < 4.78 is 46.2. The van der Waals surface area contributed by atoms with E-state index in [4.69, 9.17) is 4.74 Å². The first-order valence-corrected chi connectivity index (χ1v) is 10.4. The molecule has 2 aromatic carbocycles. The lowest BCUT2D eigenvalue weighted by Crippen LogP contribution is -2.14. The molecule has 170 valence electrons. The predicted octanol–water partition coefficient (Wildman–Crippen LogP) is 7.07. The number of nitrogens with zero attached hydrogens (tertiary/aromatic N) is 2. The first kappa shape index (κ1) is 23.4. The summed E-state index contributed by atoms with van der Waals surface area (Å²) in [6.45, 7) is 8.75. The summed E-state index contributed by atoms with van der Waals surface area (Å²) in [5.74, 6) is 0.450. The van der Waals surface area contributed by atoms with E-state index >= 15 is 0 Å². The Labute approximate surface area is 186 Å². The van der Waals surface area contributed by atoms with Gasteiger partial charge in [0, 0.05) is 17.6 Å². The van der Waals surface area contributed by atoms with Gasteiger partial charge in [-0.25, -0.2) is 4.98 Å². The number of benzene rings is 2. The van der Waals surface area contributed by atoms with Crippen LogP contribution in [0.4, 0.5) is 36.3 Å². The summed E-state index contributed by atoms with van der Waals surface area (Å²) in [6.07, 6.45) is -2.92. The number of ether oxygens (including phenoxy) is 1. The Balaban J connectivity index is 1.87. The largest absolute Gasteiger partial charge is 0.494 e. The minimum atomic E-state index is -4.60. The fourth-order valence-corrected chi connectivity index (χ4v) is 2.93. The fraction of sp³-hybridized carbons (Fsp3) is 0.333. The highest BCUT2D eigenvalue weighted by molar-refractivity contribution is 5.63. The summed E-state index contributed by atoms with van der Waals surface area (Å²) in [5.41, 5.74) is 1.07. The van der Waals surface area contributed by atoms with Crippen molar-refractivity contribution in [2.75, 3.05) is 17.2 Å². The van der Waals surface area contributed by atoms with Crippen molar-refractivity contribution in [3.63, 3.8) is 0 Å². The van der Waals surface area contributed by atoms with Crippen LogP contribution < -0.4 is 15.4 Å². The van der Waals surface area contributed by atoms with Gasteiger partial charge in [-0.2, -0.15) is 18.2 Å². The van der Waals surface area contributed by atoms with Gasteiger partial charge in [0.2, 0.25) is 5.95 Å². The normalized spacial score (nSPS) is 11.8. The van der Waals surface area contributed by atoms with Crippen LogP contribution in [0.3, 0.4) is 0 Å². The summed E-state index contributed by atoms with van der Waals surface area (Å²) in [7, 11) is 0. The van der Waals surface area contributed by atoms with Gasteiger partial charge in [-0.15, -0.1) is 0 Å². The third-order valence-corrected chi connectivity index (χ3v) is 4.67. The maximum absolute atomic E-state index is 13.6. The van der Waals surface area contributed by atoms with Crippen molar-refractivity contribution in [3.8, 4) is 5.75 Å². The highest BCUT2D eigenvalue weighted by Gasteiger charge is 2.35. The number of nitrogens with one attached hydrogen (secondary N) is 2. The molecular weight excluding hydrogens is 417 g/mol. The molecule has 5 nitrogen and oxygen atoms in total. The number of anilines is 4. The maximum atomic E-state index is 13.6. The molecule has 3 aromatic rings. The minimum absolute atomic E-state index is 0.0507. The van der Waals surface area contributed by atoms with Crippen molar-refractivity contribution in [1.29, 1.82) is 0 Å². The van der Waals surface area contributed by atoms with Gasteiger partial charge in [-0.1, -0.05) is 39.8 Å². The molecule has 3 rings (SSSR count). The Hall–Kier alpha value is -3.29. The molecule has 0 fully saturated rings. The number of rotatable bonds is 7. The van der Waals surface area contributed by atoms with E-state index in [1.165, 1.54) is 0 Å². The predicted molar refractivity (Wildman–Crippen MR) is 121 cm³/mol. The van der Waals surface area contributed by atoms with Crippen LogP contribution in [-0.4, -0.2) is 16.6 Å². The third kappa shape index (κ3) is 6.12. The molecule has 2 N–H and O–H groups in total. The van der Waals surface area contributed by atoms with Crippen molar-refractivity contribution in [1.82, 2.24) is 9.97 Å². The molecular formula is C24H27F3N4O. The zero-order chi connectivity index (χ0) is 23.4. The number of alkyl halides is 3. The number of hydrogen-bond donors (Lipinski definition) is 2. The van der Waals surface area contributed by atoms with Crippen LogP contribution in [0.1, 0.15) is 45.2 Å². The van der Waals surface area contributed by atoms with Gasteiger partial charge in [-0.3, -0.25) is 0 Å². The topological polar surface area (TPSA) is 59.1 Å². The lowest BCUT2D eigenvalue weighted by Gasteiger charge is -2.20. The van der Waals surface area contributed by atoms with E-state index in [0.29, 0.717) is 23.7 Å². The monoisotopic (exact) mass is 444 g/mol. The van der Waals surface area contributed by atoms with Crippen LogP contribution in [0.2, 0.25) is 0 Å². The van der Waals surface area contributed by atoms with E-state index in [9.17, 15) is 13.2 Å². The molecule has 0 aliphatic rings. The Morgan fingerprint density at radius 3 is 2.28 bits per heavy atom. The lowest BCUT2D eigenvalue weighted by atomic mass is 9.87.